The number of fused-ring (bicyclic) bond motifs is 5. The van der Waals surface area contributed by atoms with Gasteiger partial charge < -0.3 is 4.74 Å². The predicted molar refractivity (Wildman–Crippen MR) is 116 cm³/mol. The molecule has 2 fully saturated rings. The van der Waals surface area contributed by atoms with Crippen LogP contribution in [0.2, 0.25) is 0 Å². The van der Waals surface area contributed by atoms with Crippen molar-refractivity contribution in [3.63, 3.8) is 0 Å². The topological polar surface area (TPSA) is 126 Å². The molecule has 164 valence electrons. The fraction of sp³-hybridized carbons (Fsp3) is 0.250. The Morgan fingerprint density at radius 1 is 1.12 bits per heavy atom. The first-order chi connectivity index (χ1) is 16.0. The Bertz CT molecular complexity index is 1250. The highest BCUT2D eigenvalue weighted by molar-refractivity contribution is 6.07. The van der Waals surface area contributed by atoms with Crippen molar-refractivity contribution in [2.45, 2.75) is 13.0 Å². The summed E-state index contributed by atoms with van der Waals surface area (Å²) in [5, 5.41) is 25.9. The second-order valence-corrected chi connectivity index (χ2v) is 8.24. The Kier molecular flexibility index (Phi) is 4.98. The van der Waals surface area contributed by atoms with Crippen molar-refractivity contribution in [2.24, 2.45) is 28.8 Å². The summed E-state index contributed by atoms with van der Waals surface area (Å²) in [5.41, 5.74) is 0.931. The van der Waals surface area contributed by atoms with Crippen molar-refractivity contribution in [3.05, 3.63) is 81.4 Å². The maximum atomic E-state index is 12.8. The van der Waals surface area contributed by atoms with Crippen LogP contribution in [-0.2, 0) is 16.2 Å². The van der Waals surface area contributed by atoms with Crippen molar-refractivity contribution >= 4 is 23.7 Å². The quantitative estimate of drug-likeness (QED) is 0.222. The third-order valence-electron chi connectivity index (χ3n) is 6.49. The molecule has 4 atom stereocenters. The van der Waals surface area contributed by atoms with Gasteiger partial charge in [-0.15, -0.1) is 0 Å². The molecular formula is C24H18N4O5. The maximum Gasteiger partial charge on any atom is 0.311 e. The van der Waals surface area contributed by atoms with Gasteiger partial charge >= 0.3 is 5.69 Å². The molecule has 2 bridgehead atoms. The fourth-order valence-corrected chi connectivity index (χ4v) is 4.97. The van der Waals surface area contributed by atoms with Gasteiger partial charge in [-0.3, -0.25) is 19.7 Å². The largest absolute Gasteiger partial charge is 0.481 e. The van der Waals surface area contributed by atoms with Gasteiger partial charge in [0.15, 0.2) is 0 Å². The minimum Gasteiger partial charge on any atom is -0.481 e. The molecule has 3 aliphatic rings. The van der Waals surface area contributed by atoms with Gasteiger partial charge in [-0.25, -0.2) is 0 Å². The van der Waals surface area contributed by atoms with Gasteiger partial charge in [0.05, 0.1) is 34.6 Å². The number of benzene rings is 2. The number of amides is 2. The van der Waals surface area contributed by atoms with Crippen LogP contribution >= 0.6 is 0 Å². The number of imide groups is 1. The van der Waals surface area contributed by atoms with Crippen molar-refractivity contribution in [1.29, 1.82) is 5.26 Å². The zero-order valence-corrected chi connectivity index (χ0v) is 17.3. The van der Waals surface area contributed by atoms with Gasteiger partial charge in [0.1, 0.15) is 6.61 Å². The van der Waals surface area contributed by atoms with Crippen molar-refractivity contribution in [3.8, 4) is 11.8 Å². The van der Waals surface area contributed by atoms with Gasteiger partial charge in [-0.2, -0.15) is 15.4 Å². The lowest BCUT2D eigenvalue weighted by atomic mass is 9.85. The van der Waals surface area contributed by atoms with E-state index >= 15 is 0 Å². The van der Waals surface area contributed by atoms with E-state index in [4.69, 9.17) is 4.74 Å². The highest BCUT2D eigenvalue weighted by atomic mass is 16.6. The van der Waals surface area contributed by atoms with Gasteiger partial charge in [-0.05, 0) is 30.4 Å². The fourth-order valence-electron chi connectivity index (χ4n) is 4.97. The number of carbonyl (C=O) groups excluding carboxylic acids is 2. The first kappa shape index (κ1) is 20.6. The summed E-state index contributed by atoms with van der Waals surface area (Å²) in [6.45, 7) is -0.0732. The molecule has 2 amide bonds. The molecule has 0 unspecified atom stereocenters. The second-order valence-electron chi connectivity index (χ2n) is 8.24. The van der Waals surface area contributed by atoms with E-state index < -0.39 is 4.92 Å². The first-order valence-corrected chi connectivity index (χ1v) is 10.5. The number of allylic oxidation sites excluding steroid dienone is 2. The zero-order valence-electron chi connectivity index (χ0n) is 17.3. The van der Waals surface area contributed by atoms with E-state index in [0.29, 0.717) is 11.1 Å². The predicted octanol–water partition coefficient (Wildman–Crippen LogP) is 3.19. The van der Waals surface area contributed by atoms with Crippen LogP contribution in [0, 0.1) is 45.1 Å². The summed E-state index contributed by atoms with van der Waals surface area (Å²) in [6.07, 6.45) is 6.05. The number of carbonyl (C=O) groups is 2. The lowest BCUT2D eigenvalue weighted by Crippen LogP contribution is -2.28. The SMILES string of the molecule is N#Cc1ccccc1COc1c(C=NN2C(=O)[C@@H]3[C@H](C2=O)[C@H]2C=C[C@H]3C2)cccc1[N+](=O)[O-]. The Morgan fingerprint density at radius 2 is 1.82 bits per heavy atom. The van der Waals surface area contributed by atoms with E-state index in [2.05, 4.69) is 11.2 Å². The van der Waals surface area contributed by atoms with Crippen LogP contribution in [-0.4, -0.2) is 28.0 Å². The van der Waals surface area contributed by atoms with Crippen LogP contribution in [0.4, 0.5) is 5.69 Å². The van der Waals surface area contributed by atoms with E-state index in [-0.39, 0.29) is 59.1 Å². The number of nitrogens with zero attached hydrogens (tertiary/aromatic N) is 4. The van der Waals surface area contributed by atoms with Crippen molar-refractivity contribution in [1.82, 2.24) is 5.01 Å². The maximum absolute atomic E-state index is 12.8. The van der Waals surface area contributed by atoms with Crippen LogP contribution in [0.15, 0.2) is 59.7 Å². The number of para-hydroxylation sites is 1. The molecular weight excluding hydrogens is 424 g/mol. The summed E-state index contributed by atoms with van der Waals surface area (Å²) in [6, 6.07) is 13.2. The van der Waals surface area contributed by atoms with Crippen LogP contribution in [0.1, 0.15) is 23.1 Å². The molecule has 9 nitrogen and oxygen atoms in total. The Balaban J connectivity index is 1.43. The normalized spacial score (nSPS) is 25.0. The van der Waals surface area contributed by atoms with Crippen LogP contribution in [0.3, 0.4) is 0 Å². The molecule has 1 saturated heterocycles. The molecule has 1 saturated carbocycles. The molecule has 0 aromatic heterocycles. The average molecular weight is 442 g/mol. The third-order valence-corrected chi connectivity index (χ3v) is 6.49. The highest BCUT2D eigenvalue weighted by Gasteiger charge is 2.59. The van der Waals surface area contributed by atoms with E-state index in [1.807, 2.05) is 12.2 Å². The third kappa shape index (κ3) is 3.36. The van der Waals surface area contributed by atoms with Crippen LogP contribution in [0.5, 0.6) is 5.75 Å². The second kappa shape index (κ2) is 7.98. The monoisotopic (exact) mass is 442 g/mol. The molecule has 0 spiro atoms. The molecule has 2 aromatic carbocycles. The molecule has 2 aromatic rings. The average Bonchev–Trinajstić information content (AvgIpc) is 3.50. The van der Waals surface area contributed by atoms with Crippen LogP contribution < -0.4 is 4.74 Å². The summed E-state index contributed by atoms with van der Waals surface area (Å²) >= 11 is 0. The molecule has 1 aliphatic heterocycles. The summed E-state index contributed by atoms with van der Waals surface area (Å²) in [4.78, 5) is 36.7. The van der Waals surface area contributed by atoms with Gasteiger partial charge in [0.2, 0.25) is 5.75 Å². The summed E-state index contributed by atoms with van der Waals surface area (Å²) < 4.78 is 5.76. The Labute approximate surface area is 188 Å². The number of nitriles is 1. The van der Waals surface area contributed by atoms with E-state index in [1.54, 1.807) is 30.3 Å². The molecule has 2 aliphatic carbocycles. The van der Waals surface area contributed by atoms with E-state index in [1.165, 1.54) is 18.3 Å². The number of hydrogen-bond donors (Lipinski definition) is 0. The molecule has 1 heterocycles. The minimum absolute atomic E-state index is 0.0555. The van der Waals surface area contributed by atoms with Crippen molar-refractivity contribution < 1.29 is 19.2 Å². The Morgan fingerprint density at radius 3 is 2.48 bits per heavy atom. The first-order valence-electron chi connectivity index (χ1n) is 10.5. The number of nitro benzene ring substituents is 1. The van der Waals surface area contributed by atoms with Crippen molar-refractivity contribution in [2.75, 3.05) is 0 Å². The Hall–Kier alpha value is -4.32. The number of nitro groups is 1. The minimum atomic E-state index is -0.581. The molecule has 9 heteroatoms. The molecule has 33 heavy (non-hydrogen) atoms. The number of rotatable bonds is 6. The smallest absolute Gasteiger partial charge is 0.311 e. The van der Waals surface area contributed by atoms with E-state index in [0.717, 1.165) is 11.4 Å². The molecule has 0 N–H and O–H groups in total. The lowest BCUT2D eigenvalue weighted by molar-refractivity contribution is -0.386. The summed E-state index contributed by atoms with van der Waals surface area (Å²) in [5.74, 6) is -1.37. The summed E-state index contributed by atoms with van der Waals surface area (Å²) in [7, 11) is 0. The molecule has 5 rings (SSSR count). The molecule has 0 radical (unpaired) electrons. The highest BCUT2D eigenvalue weighted by Crippen LogP contribution is 2.52. The number of hydrazone groups is 1. The van der Waals surface area contributed by atoms with Gasteiger partial charge in [-0.1, -0.05) is 36.4 Å². The standard InChI is InChI=1S/C24H18N4O5/c25-11-16-4-1-2-5-18(16)13-33-22-17(6-3-7-19(22)28(31)32)12-26-27-23(29)20-14-8-9-15(10-14)21(20)24(27)30/h1-9,12,14-15,20-21H,10,13H2/t14-,15-,20-,21+/m0/s1. The lowest BCUT2D eigenvalue weighted by Gasteiger charge is -2.13. The van der Waals surface area contributed by atoms with E-state index in [9.17, 15) is 25.0 Å². The van der Waals surface area contributed by atoms with Gasteiger partial charge in [0, 0.05) is 17.2 Å². The number of ether oxygens (including phenoxy) is 1. The zero-order chi connectivity index (χ0) is 23.1. The van der Waals surface area contributed by atoms with Crippen LogP contribution in [0.25, 0.3) is 0 Å². The van der Waals surface area contributed by atoms with Gasteiger partial charge in [0.25, 0.3) is 11.8 Å². The number of hydrogen-bond acceptors (Lipinski definition) is 7.